The van der Waals surface area contributed by atoms with Crippen LogP contribution in [0.15, 0.2) is 0 Å². The van der Waals surface area contributed by atoms with E-state index in [0.717, 1.165) is 12.8 Å². The van der Waals surface area contributed by atoms with E-state index in [-0.39, 0.29) is 17.9 Å². The van der Waals surface area contributed by atoms with Gasteiger partial charge in [-0.15, -0.1) is 0 Å². The second kappa shape index (κ2) is 4.44. The summed E-state index contributed by atoms with van der Waals surface area (Å²) in [6, 6.07) is 0.165. The molecule has 0 aromatic rings. The number of aliphatic carboxylic acids is 1. The predicted molar refractivity (Wildman–Crippen MR) is 60.9 cm³/mol. The Balaban J connectivity index is 2.60. The molecule has 1 saturated carbocycles. The Bertz CT molecular complexity index is 295. The lowest BCUT2D eigenvalue weighted by Gasteiger charge is -2.15. The number of nitrogens with one attached hydrogen (secondary N) is 1. The van der Waals surface area contributed by atoms with Gasteiger partial charge in [0, 0.05) is 6.04 Å². The molecule has 4 nitrogen and oxygen atoms in total. The highest BCUT2D eigenvalue weighted by atomic mass is 16.4. The summed E-state index contributed by atoms with van der Waals surface area (Å²) >= 11 is 0. The van der Waals surface area contributed by atoms with Gasteiger partial charge in [0.15, 0.2) is 0 Å². The summed E-state index contributed by atoms with van der Waals surface area (Å²) < 4.78 is 0. The Morgan fingerprint density at radius 2 is 1.75 bits per heavy atom. The summed E-state index contributed by atoms with van der Waals surface area (Å²) in [6.45, 7) is 7.70. The Kier molecular flexibility index (Phi) is 3.61. The summed E-state index contributed by atoms with van der Waals surface area (Å²) in [5, 5.41) is 11.9. The minimum atomic E-state index is -0.866. The first-order valence-corrected chi connectivity index (χ1v) is 5.89. The zero-order chi connectivity index (χ0) is 12.5. The van der Waals surface area contributed by atoms with E-state index in [4.69, 9.17) is 5.11 Å². The van der Waals surface area contributed by atoms with Gasteiger partial charge in [-0.25, -0.2) is 0 Å². The van der Waals surface area contributed by atoms with Crippen molar-refractivity contribution in [2.75, 3.05) is 0 Å². The third-order valence-corrected chi connectivity index (χ3v) is 3.71. The van der Waals surface area contributed by atoms with E-state index in [1.165, 1.54) is 0 Å². The summed E-state index contributed by atoms with van der Waals surface area (Å²) in [5.41, 5.74) is -0.401. The molecule has 1 rings (SSSR count). The third-order valence-electron chi connectivity index (χ3n) is 3.71. The minimum absolute atomic E-state index is 0.105. The molecule has 1 amide bonds. The maximum Gasteiger partial charge on any atom is 0.307 e. The molecule has 0 saturated heterocycles. The Labute approximate surface area is 96.4 Å². The van der Waals surface area contributed by atoms with Crippen molar-refractivity contribution in [1.82, 2.24) is 5.32 Å². The Morgan fingerprint density at radius 1 is 1.25 bits per heavy atom. The maximum atomic E-state index is 11.9. The SMILES string of the molecule is CCC(CC)NC(=O)[C@H]1[C@@H](C(=O)O)C1(C)C. The lowest BCUT2D eigenvalue weighted by atomic mass is 10.1. The second-order valence-electron chi connectivity index (χ2n) is 5.14. The fourth-order valence-corrected chi connectivity index (χ4v) is 2.37. The van der Waals surface area contributed by atoms with Crippen molar-refractivity contribution < 1.29 is 14.7 Å². The predicted octanol–water partition coefficient (Wildman–Crippen LogP) is 1.65. The minimum Gasteiger partial charge on any atom is -0.481 e. The van der Waals surface area contributed by atoms with Gasteiger partial charge in [-0.2, -0.15) is 0 Å². The Morgan fingerprint density at radius 3 is 2.06 bits per heavy atom. The molecule has 2 N–H and O–H groups in total. The van der Waals surface area contributed by atoms with Crippen LogP contribution in [0.4, 0.5) is 0 Å². The van der Waals surface area contributed by atoms with Crippen molar-refractivity contribution in [2.24, 2.45) is 17.3 Å². The average Bonchev–Trinajstić information content (AvgIpc) is 2.78. The summed E-state index contributed by atoms with van der Waals surface area (Å²) in [4.78, 5) is 22.8. The molecule has 4 heteroatoms. The van der Waals surface area contributed by atoms with Gasteiger partial charge < -0.3 is 10.4 Å². The monoisotopic (exact) mass is 227 g/mol. The van der Waals surface area contributed by atoms with Crippen LogP contribution in [0, 0.1) is 17.3 Å². The lowest BCUT2D eigenvalue weighted by molar-refractivity contribution is -0.140. The maximum absolute atomic E-state index is 11.9. The highest BCUT2D eigenvalue weighted by molar-refractivity contribution is 5.91. The second-order valence-corrected chi connectivity index (χ2v) is 5.14. The van der Waals surface area contributed by atoms with Crippen molar-refractivity contribution >= 4 is 11.9 Å². The number of hydrogen-bond donors (Lipinski definition) is 2. The number of carboxylic acid groups (broad SMARTS) is 1. The largest absolute Gasteiger partial charge is 0.481 e. The lowest BCUT2D eigenvalue weighted by Crippen LogP contribution is -2.36. The number of amides is 1. The summed E-state index contributed by atoms with van der Waals surface area (Å²) in [6.07, 6.45) is 1.76. The van der Waals surface area contributed by atoms with Crippen LogP contribution in [0.5, 0.6) is 0 Å². The number of carboxylic acids is 1. The van der Waals surface area contributed by atoms with Crippen LogP contribution in [0.1, 0.15) is 40.5 Å². The molecule has 1 aliphatic rings. The third kappa shape index (κ3) is 2.20. The molecule has 0 bridgehead atoms. The van der Waals surface area contributed by atoms with Crippen molar-refractivity contribution in [3.05, 3.63) is 0 Å². The first-order valence-electron chi connectivity index (χ1n) is 5.89. The molecule has 1 aliphatic carbocycles. The van der Waals surface area contributed by atoms with E-state index in [1.807, 2.05) is 27.7 Å². The average molecular weight is 227 g/mol. The van der Waals surface area contributed by atoms with E-state index in [9.17, 15) is 9.59 Å². The van der Waals surface area contributed by atoms with Crippen LogP contribution in [0.25, 0.3) is 0 Å². The molecule has 2 atom stereocenters. The number of hydrogen-bond acceptors (Lipinski definition) is 2. The quantitative estimate of drug-likeness (QED) is 0.750. The normalized spacial score (nSPS) is 26.6. The standard InChI is InChI=1S/C12H21NO3/c1-5-7(6-2)13-10(14)8-9(11(15)16)12(8,3)4/h7-9H,5-6H2,1-4H3,(H,13,14)(H,15,16)/t8-,9+/m1/s1. The smallest absolute Gasteiger partial charge is 0.307 e. The molecule has 0 unspecified atom stereocenters. The fraction of sp³-hybridized carbons (Fsp3) is 0.833. The molecule has 0 spiro atoms. The van der Waals surface area contributed by atoms with Gasteiger partial charge in [-0.05, 0) is 18.3 Å². The molecule has 0 aromatic heterocycles. The number of rotatable bonds is 5. The number of carbonyl (C=O) groups excluding carboxylic acids is 1. The molecular weight excluding hydrogens is 206 g/mol. The highest BCUT2D eigenvalue weighted by Gasteiger charge is 2.65. The van der Waals surface area contributed by atoms with Crippen molar-refractivity contribution in [2.45, 2.75) is 46.6 Å². The van der Waals surface area contributed by atoms with E-state index in [2.05, 4.69) is 5.32 Å². The highest BCUT2D eigenvalue weighted by Crippen LogP contribution is 2.58. The van der Waals surface area contributed by atoms with Gasteiger partial charge >= 0.3 is 5.97 Å². The molecular formula is C12H21NO3. The van der Waals surface area contributed by atoms with Crippen LogP contribution in [-0.2, 0) is 9.59 Å². The molecule has 0 aliphatic heterocycles. The number of carbonyl (C=O) groups is 2. The molecule has 0 aromatic carbocycles. The summed E-state index contributed by atoms with van der Waals surface area (Å²) in [5.74, 6) is -1.87. The first-order chi connectivity index (χ1) is 7.36. The zero-order valence-electron chi connectivity index (χ0n) is 10.4. The fourth-order valence-electron chi connectivity index (χ4n) is 2.37. The van der Waals surface area contributed by atoms with Gasteiger partial charge in [0.05, 0.1) is 11.8 Å². The first kappa shape index (κ1) is 13.0. The topological polar surface area (TPSA) is 66.4 Å². The van der Waals surface area contributed by atoms with Crippen LogP contribution in [0.3, 0.4) is 0 Å². The molecule has 1 fully saturated rings. The summed E-state index contributed by atoms with van der Waals surface area (Å²) in [7, 11) is 0. The van der Waals surface area contributed by atoms with E-state index >= 15 is 0 Å². The van der Waals surface area contributed by atoms with Gasteiger partial charge in [0.25, 0.3) is 0 Å². The molecule has 0 radical (unpaired) electrons. The molecule has 0 heterocycles. The Hall–Kier alpha value is -1.06. The van der Waals surface area contributed by atoms with Gasteiger partial charge in [0.2, 0.25) is 5.91 Å². The van der Waals surface area contributed by atoms with Crippen molar-refractivity contribution in [3.8, 4) is 0 Å². The van der Waals surface area contributed by atoms with Gasteiger partial charge in [-0.3, -0.25) is 9.59 Å². The van der Waals surface area contributed by atoms with Crippen molar-refractivity contribution in [1.29, 1.82) is 0 Å². The zero-order valence-corrected chi connectivity index (χ0v) is 10.4. The molecule has 16 heavy (non-hydrogen) atoms. The van der Waals surface area contributed by atoms with Crippen molar-refractivity contribution in [3.63, 3.8) is 0 Å². The van der Waals surface area contributed by atoms with E-state index in [1.54, 1.807) is 0 Å². The van der Waals surface area contributed by atoms with Gasteiger partial charge in [0.1, 0.15) is 0 Å². The van der Waals surface area contributed by atoms with Crippen LogP contribution >= 0.6 is 0 Å². The van der Waals surface area contributed by atoms with Crippen LogP contribution in [0.2, 0.25) is 0 Å². The van der Waals surface area contributed by atoms with E-state index in [0.29, 0.717) is 0 Å². The van der Waals surface area contributed by atoms with E-state index < -0.39 is 17.3 Å². The van der Waals surface area contributed by atoms with Gasteiger partial charge in [-0.1, -0.05) is 27.7 Å². The van der Waals surface area contributed by atoms with Crippen LogP contribution in [-0.4, -0.2) is 23.0 Å². The van der Waals surface area contributed by atoms with Crippen LogP contribution < -0.4 is 5.32 Å². The molecule has 92 valence electrons.